The van der Waals surface area contributed by atoms with Gasteiger partial charge < -0.3 is 0 Å². The lowest BCUT2D eigenvalue weighted by Gasteiger charge is -2.06. The van der Waals surface area contributed by atoms with E-state index < -0.39 is 10.0 Å². The Labute approximate surface area is 157 Å². The van der Waals surface area contributed by atoms with Crippen molar-refractivity contribution in [3.63, 3.8) is 0 Å². The number of hydrogen-bond donors (Lipinski definition) is 0. The Hall–Kier alpha value is -2.62. The average Bonchev–Trinajstić information content (AvgIpc) is 3.05. The highest BCUT2D eigenvalue weighted by molar-refractivity contribution is 8.18. The molecule has 0 saturated heterocycles. The van der Waals surface area contributed by atoms with Gasteiger partial charge in [-0.25, -0.2) is 0 Å². The summed E-state index contributed by atoms with van der Waals surface area (Å²) in [5.74, 6) is 0. The van der Waals surface area contributed by atoms with Crippen molar-refractivity contribution < 1.29 is 8.42 Å². The van der Waals surface area contributed by atoms with Crippen LogP contribution in [0.1, 0.15) is 16.7 Å². The first-order valence-electron chi connectivity index (χ1n) is 7.88. The lowest BCUT2D eigenvalue weighted by molar-refractivity contribution is 0.598. The van der Waals surface area contributed by atoms with Gasteiger partial charge in [-0.15, -0.1) is 0 Å². The van der Waals surface area contributed by atoms with Crippen molar-refractivity contribution in [2.75, 3.05) is 0 Å². The molecule has 0 saturated carbocycles. The number of rotatable bonds is 3. The lowest BCUT2D eigenvalue weighted by atomic mass is 10.0. The molecule has 0 unspecified atom stereocenters. The van der Waals surface area contributed by atoms with Gasteiger partial charge in [-0.1, -0.05) is 53.7 Å². The van der Waals surface area contributed by atoms with E-state index in [-0.39, 0.29) is 4.90 Å². The fourth-order valence-corrected chi connectivity index (χ4v) is 4.58. The Bertz CT molecular complexity index is 1090. The zero-order chi connectivity index (χ0) is 18.7. The molecule has 1 aliphatic heterocycles. The van der Waals surface area contributed by atoms with Gasteiger partial charge in [-0.05, 0) is 49.3 Å². The van der Waals surface area contributed by atoms with Crippen LogP contribution in [-0.2, 0) is 10.0 Å². The number of benzene rings is 2. The third-order valence-electron chi connectivity index (χ3n) is 3.89. The van der Waals surface area contributed by atoms with Gasteiger partial charge in [0.25, 0.3) is 10.0 Å². The van der Waals surface area contributed by atoms with Gasteiger partial charge in [0.05, 0.1) is 10.5 Å². The van der Waals surface area contributed by atoms with E-state index in [2.05, 4.69) is 10.5 Å². The van der Waals surface area contributed by atoms with Crippen molar-refractivity contribution in [1.82, 2.24) is 0 Å². The summed E-state index contributed by atoms with van der Waals surface area (Å²) in [7, 11) is -3.78. The first-order chi connectivity index (χ1) is 12.4. The van der Waals surface area contributed by atoms with Crippen LogP contribution in [0, 0.1) is 25.2 Å². The molecule has 0 aromatic heterocycles. The smallest absolute Gasteiger partial charge is 0.199 e. The lowest BCUT2D eigenvalue weighted by Crippen LogP contribution is -1.99. The van der Waals surface area contributed by atoms with E-state index in [1.54, 1.807) is 36.4 Å². The third-order valence-corrected chi connectivity index (χ3v) is 6.31. The zero-order valence-electron chi connectivity index (χ0n) is 14.3. The molecule has 2 aromatic carbocycles. The van der Waals surface area contributed by atoms with Gasteiger partial charge in [0.1, 0.15) is 11.1 Å². The SMILES string of the molecule is Cc1ccc(S(=O)(=O)N=C2C=C/C(=C(/C#N)c3ccccc3C)S2)cc1. The number of thioether (sulfide) groups is 1. The maximum Gasteiger partial charge on any atom is 0.283 e. The monoisotopic (exact) mass is 380 g/mol. The normalized spacial score (nSPS) is 17.3. The highest BCUT2D eigenvalue weighted by Crippen LogP contribution is 2.35. The third kappa shape index (κ3) is 3.79. The summed E-state index contributed by atoms with van der Waals surface area (Å²) < 4.78 is 28.8. The summed E-state index contributed by atoms with van der Waals surface area (Å²) in [6.07, 6.45) is 3.36. The van der Waals surface area contributed by atoms with Crippen molar-refractivity contribution in [1.29, 1.82) is 5.26 Å². The maximum absolute atomic E-state index is 12.5. The molecule has 0 N–H and O–H groups in total. The molecule has 1 heterocycles. The minimum absolute atomic E-state index is 0.154. The van der Waals surface area contributed by atoms with Crippen LogP contribution in [0.5, 0.6) is 0 Å². The molecule has 2 aromatic rings. The Balaban J connectivity index is 1.94. The van der Waals surface area contributed by atoms with Gasteiger partial charge in [0.15, 0.2) is 0 Å². The minimum atomic E-state index is -3.78. The fourth-order valence-electron chi connectivity index (χ4n) is 2.49. The second kappa shape index (κ2) is 7.32. The molecule has 0 spiro atoms. The van der Waals surface area contributed by atoms with E-state index in [0.29, 0.717) is 15.5 Å². The van der Waals surface area contributed by atoms with Gasteiger partial charge in [0.2, 0.25) is 0 Å². The standard InChI is InChI=1S/C20H16N2O2S2/c1-14-7-9-16(10-8-14)26(23,24)22-20-12-11-19(25-20)18(13-21)17-6-4-3-5-15(17)2/h3-12H,1-2H3/b19-18+,22-20?. The molecule has 3 rings (SSSR count). The number of hydrogen-bond acceptors (Lipinski definition) is 4. The van der Waals surface area contributed by atoms with E-state index in [0.717, 1.165) is 16.7 Å². The zero-order valence-corrected chi connectivity index (χ0v) is 15.9. The molecule has 0 atom stereocenters. The molecule has 130 valence electrons. The Kier molecular flexibility index (Phi) is 5.12. The summed E-state index contributed by atoms with van der Waals surface area (Å²) in [6.45, 7) is 3.83. The van der Waals surface area contributed by atoms with Crippen LogP contribution < -0.4 is 0 Å². The minimum Gasteiger partial charge on any atom is -0.199 e. The topological polar surface area (TPSA) is 70.3 Å². The van der Waals surface area contributed by atoms with Crippen LogP contribution in [-0.4, -0.2) is 13.5 Å². The summed E-state index contributed by atoms with van der Waals surface area (Å²) >= 11 is 1.19. The van der Waals surface area contributed by atoms with Crippen LogP contribution in [0.2, 0.25) is 0 Å². The van der Waals surface area contributed by atoms with E-state index in [1.807, 2.05) is 38.1 Å². The van der Waals surface area contributed by atoms with Gasteiger partial charge >= 0.3 is 0 Å². The van der Waals surface area contributed by atoms with Crippen molar-refractivity contribution in [2.45, 2.75) is 18.7 Å². The highest BCUT2D eigenvalue weighted by atomic mass is 32.2. The number of allylic oxidation sites excluding steroid dienone is 2. The number of nitrogens with zero attached hydrogens (tertiary/aromatic N) is 2. The summed E-state index contributed by atoms with van der Waals surface area (Å²) in [5.41, 5.74) is 3.32. The summed E-state index contributed by atoms with van der Waals surface area (Å²) in [5, 5.41) is 9.92. The summed E-state index contributed by atoms with van der Waals surface area (Å²) in [6, 6.07) is 16.4. The van der Waals surface area contributed by atoms with Crippen LogP contribution in [0.15, 0.2) is 74.9 Å². The van der Waals surface area contributed by atoms with Gasteiger partial charge in [-0.2, -0.15) is 18.1 Å². The molecule has 26 heavy (non-hydrogen) atoms. The molecular formula is C20H16N2O2S2. The molecule has 1 aliphatic rings. The fraction of sp³-hybridized carbons (Fsp3) is 0.100. The molecule has 6 heteroatoms. The first-order valence-corrected chi connectivity index (χ1v) is 10.1. The predicted molar refractivity (Wildman–Crippen MR) is 106 cm³/mol. The average molecular weight is 380 g/mol. The number of aryl methyl sites for hydroxylation is 2. The van der Waals surface area contributed by atoms with Crippen molar-refractivity contribution >= 4 is 32.4 Å². The first kappa shape index (κ1) is 18.2. The number of sulfonamides is 1. The van der Waals surface area contributed by atoms with Crippen molar-refractivity contribution in [2.24, 2.45) is 4.40 Å². The van der Waals surface area contributed by atoms with Crippen LogP contribution in [0.3, 0.4) is 0 Å². The van der Waals surface area contributed by atoms with Gasteiger partial charge in [-0.3, -0.25) is 0 Å². The number of nitriles is 1. The Morgan fingerprint density at radius 1 is 1.04 bits per heavy atom. The molecule has 0 bridgehead atoms. The van der Waals surface area contributed by atoms with Crippen LogP contribution in [0.25, 0.3) is 5.57 Å². The van der Waals surface area contributed by atoms with E-state index in [1.165, 1.54) is 11.8 Å². The second-order valence-electron chi connectivity index (χ2n) is 5.82. The molecule has 0 fully saturated rings. The van der Waals surface area contributed by atoms with Crippen LogP contribution in [0.4, 0.5) is 0 Å². The Morgan fingerprint density at radius 2 is 1.73 bits per heavy atom. The van der Waals surface area contributed by atoms with Crippen LogP contribution >= 0.6 is 11.8 Å². The van der Waals surface area contributed by atoms with E-state index >= 15 is 0 Å². The van der Waals surface area contributed by atoms with Crippen molar-refractivity contribution in [3.05, 3.63) is 82.3 Å². The highest BCUT2D eigenvalue weighted by Gasteiger charge is 2.20. The molecule has 0 amide bonds. The van der Waals surface area contributed by atoms with E-state index in [9.17, 15) is 13.7 Å². The van der Waals surface area contributed by atoms with Gasteiger partial charge in [0, 0.05) is 4.91 Å². The molecule has 0 aliphatic carbocycles. The largest absolute Gasteiger partial charge is 0.283 e. The maximum atomic E-state index is 12.5. The predicted octanol–water partition coefficient (Wildman–Crippen LogP) is 4.63. The summed E-state index contributed by atoms with van der Waals surface area (Å²) in [4.78, 5) is 0.848. The van der Waals surface area contributed by atoms with E-state index in [4.69, 9.17) is 0 Å². The molecule has 0 radical (unpaired) electrons. The van der Waals surface area contributed by atoms with Crippen molar-refractivity contribution in [3.8, 4) is 6.07 Å². The quantitative estimate of drug-likeness (QED) is 0.728. The molecular weight excluding hydrogens is 364 g/mol. The second-order valence-corrected chi connectivity index (χ2v) is 8.49. The molecule has 4 nitrogen and oxygen atoms in total. The Morgan fingerprint density at radius 3 is 2.38 bits per heavy atom.